The molecule has 23 nitrogen and oxygen atoms in total. The fraction of sp³-hybridized carbons (Fsp3) is 0.549. The van der Waals surface area contributed by atoms with Crippen LogP contribution < -0.4 is 62.0 Å². The maximum absolute atomic E-state index is 13.1. The van der Waals surface area contributed by atoms with Gasteiger partial charge >= 0.3 is 19.5 Å². The molecule has 3 aliphatic carbocycles. The molecule has 0 bridgehead atoms. The molecule has 26 heteroatoms. The number of aromatic amines is 2. The van der Waals surface area contributed by atoms with E-state index in [2.05, 4.69) is 77.1 Å². The van der Waals surface area contributed by atoms with E-state index in [-0.39, 0.29) is 36.7 Å². The van der Waals surface area contributed by atoms with Crippen LogP contribution in [-0.4, -0.2) is 125 Å². The van der Waals surface area contributed by atoms with Gasteiger partial charge in [0.25, 0.3) is 17.5 Å². The van der Waals surface area contributed by atoms with Gasteiger partial charge in [-0.2, -0.15) is 9.36 Å². The van der Waals surface area contributed by atoms with Crippen LogP contribution in [0.2, 0.25) is 0 Å². The molecule has 77 heavy (non-hydrogen) atoms. The van der Waals surface area contributed by atoms with Crippen LogP contribution in [0.25, 0.3) is 22.0 Å². The Bertz CT molecular complexity index is 2750. The maximum Gasteiger partial charge on any atom is 2.00 e. The van der Waals surface area contributed by atoms with Crippen LogP contribution in [0.4, 0.5) is 0 Å². The zero-order chi connectivity index (χ0) is 54.2. The topological polar surface area (TPSA) is 344 Å². The van der Waals surface area contributed by atoms with Crippen molar-refractivity contribution in [3.63, 3.8) is 0 Å². The first-order valence-corrected chi connectivity index (χ1v) is 28.4. The Morgan fingerprint density at radius 2 is 1.34 bits per heavy atom. The first-order chi connectivity index (χ1) is 36.3. The molecule has 0 radical (unpaired) electrons. The van der Waals surface area contributed by atoms with E-state index in [9.17, 15) is 14.4 Å². The number of hydrogen-bond acceptors (Lipinski definition) is 18. The molecule has 0 spiro atoms. The summed E-state index contributed by atoms with van der Waals surface area (Å²) in [6, 6.07) is 16.2. The average Bonchev–Trinajstić information content (AvgIpc) is 4.18. The number of aromatic nitrogens is 6. The molecule has 2 saturated carbocycles. The number of nitrogens with one attached hydrogen (secondary N) is 4. The molecule has 5 aliphatic rings. The van der Waals surface area contributed by atoms with Crippen molar-refractivity contribution in [2.75, 3.05) is 72.0 Å². The van der Waals surface area contributed by atoms with Gasteiger partial charge in [-0.3, -0.25) is 29.1 Å². The van der Waals surface area contributed by atoms with Gasteiger partial charge in [-0.25, -0.2) is 37.3 Å². The SMILES string of the molecule is CCN1C(=O)c2cccc3c(-c4c[n+](CCN5CCCNCCN(CC[n+]6cc(COc7ccc8c(c7)CC[C@@H]7[C@@H]8CC[C@]8(C)C(=O)CC[C@@H]78)n[nH]6)CCCNCC5)[nH]n4)ccc(c23)C1=O.[O-][Cl+3]([O-])([O-])[O-].[O-][Cl+3]([O-])([O-])[O-].[Zn+2]. The summed E-state index contributed by atoms with van der Waals surface area (Å²) >= 11 is 0. The first-order valence-electron chi connectivity index (χ1n) is 26.0. The van der Waals surface area contributed by atoms with Crippen LogP contribution in [0.1, 0.15) is 102 Å². The monoisotopic (exact) mass is 1160 g/mol. The Hall–Kier alpha value is -4.47. The molecule has 4 N–H and O–H groups in total. The zero-order valence-corrected chi connectivity index (χ0v) is 48.0. The van der Waals surface area contributed by atoms with Crippen molar-refractivity contribution < 1.29 is 106 Å². The van der Waals surface area contributed by atoms with E-state index >= 15 is 0 Å². The predicted molar refractivity (Wildman–Crippen MR) is 250 cm³/mol. The minimum absolute atomic E-state index is 0. The van der Waals surface area contributed by atoms with Crippen molar-refractivity contribution in [2.24, 2.45) is 17.3 Å². The molecule has 5 aromatic rings. The second kappa shape index (κ2) is 26.7. The Balaban J connectivity index is 0.000000719. The zero-order valence-electron chi connectivity index (χ0n) is 43.6. The molecule has 1 saturated heterocycles. The number of hydrogen-bond donors (Lipinski definition) is 4. The van der Waals surface area contributed by atoms with E-state index in [1.165, 1.54) is 22.4 Å². The molecule has 2 aliphatic heterocycles. The van der Waals surface area contributed by atoms with E-state index in [4.69, 9.17) is 42.0 Å². The molecule has 2 amide bonds. The number of ether oxygens (including phenoxy) is 1. The van der Waals surface area contributed by atoms with E-state index in [1.54, 1.807) is 0 Å². The third-order valence-corrected chi connectivity index (χ3v) is 15.8. The number of imide groups is 1. The molecular weight excluding hydrogens is 1090 g/mol. The number of halogens is 2. The van der Waals surface area contributed by atoms with Gasteiger partial charge in [0, 0.05) is 89.9 Å². The predicted octanol–water partition coefficient (Wildman–Crippen LogP) is -5.09. The third kappa shape index (κ3) is 15.7. The number of rotatable bonds is 11. The van der Waals surface area contributed by atoms with Gasteiger partial charge in [-0.05, 0) is 143 Å². The Labute approximate surface area is 463 Å². The van der Waals surface area contributed by atoms with E-state index in [0.717, 1.165) is 152 Å². The van der Waals surface area contributed by atoms with E-state index in [1.807, 2.05) is 48.1 Å². The number of carbonyl (C=O) groups excluding carboxylic acids is 3. The van der Waals surface area contributed by atoms with Crippen LogP contribution in [0.15, 0.2) is 60.9 Å². The fourth-order valence-electron chi connectivity index (χ4n) is 12.1. The quantitative estimate of drug-likeness (QED) is 0.0546. The van der Waals surface area contributed by atoms with Crippen LogP contribution in [0, 0.1) is 37.7 Å². The second-order valence-corrected chi connectivity index (χ2v) is 21.8. The molecule has 3 fully saturated rings. The molecule has 4 heterocycles. The molecule has 2 aromatic heterocycles. The minimum Gasteiger partial charge on any atom is -0.485 e. The number of H-pyrrole nitrogens is 2. The van der Waals surface area contributed by atoms with Crippen molar-refractivity contribution in [1.82, 2.24) is 46.0 Å². The van der Waals surface area contributed by atoms with Gasteiger partial charge in [0.15, 0.2) is 19.0 Å². The summed E-state index contributed by atoms with van der Waals surface area (Å²) in [5.74, 6) is 2.70. The van der Waals surface area contributed by atoms with E-state index in [0.29, 0.717) is 53.2 Å². The number of aryl methyl sites for hydroxylation is 1. The number of Topliss-reactive ketones (excluding diaryl/α,β-unsaturated/α-hetero) is 1. The summed E-state index contributed by atoms with van der Waals surface area (Å²) in [4.78, 5) is 45.4. The number of fused-ring (bicyclic) bond motifs is 5. The van der Waals surface area contributed by atoms with Gasteiger partial charge in [0.2, 0.25) is 5.69 Å². The second-order valence-electron chi connectivity index (χ2n) is 20.3. The van der Waals surface area contributed by atoms with Crippen molar-refractivity contribution in [3.05, 3.63) is 88.9 Å². The number of ketones is 1. The number of carbonyl (C=O) groups is 3. The standard InChI is InChI=1S/C51H65N11O4.2ClHO4.Zn/c1-3-62-49(64)43-8-4-7-42-41(13-14-44(48(42)43)50(62)65)46-33-61(57-55-46)30-28-59-24-6-20-52-21-25-58(23-5-19-53-22-26-59)27-29-60-32-36(54-56-60)34-66-37-10-12-38-35(31-37)9-11-40-39(38)17-18-51(2)45(40)15-16-47(51)63;2*2-1(3,4)5;/h4,7-8,10,12-14,31-33,39-40,45,52-53H,3,5-6,9,11,15-30,34H2,1-2H3;2*(H,2,3,4,5);/q;;;+2/t39-,40-,45+,51+;;;/m1.../s1. The number of amides is 2. The first kappa shape index (κ1) is 60.2. The van der Waals surface area contributed by atoms with Gasteiger partial charge in [0.05, 0.1) is 0 Å². The van der Waals surface area contributed by atoms with Crippen molar-refractivity contribution >= 4 is 28.4 Å². The van der Waals surface area contributed by atoms with Crippen molar-refractivity contribution in [1.29, 1.82) is 0 Å². The normalized spacial score (nSPS) is 22.6. The van der Waals surface area contributed by atoms with Crippen molar-refractivity contribution in [3.8, 4) is 17.0 Å². The molecular formula is C51H67Cl2N11O12Zn+2. The smallest absolute Gasteiger partial charge is 0.485 e. The minimum atomic E-state index is -4.94. The van der Waals surface area contributed by atoms with Crippen LogP contribution >= 0.6 is 0 Å². The van der Waals surface area contributed by atoms with Gasteiger partial charge in [0.1, 0.15) is 24.6 Å². The summed E-state index contributed by atoms with van der Waals surface area (Å²) in [5, 5.41) is 24.6. The van der Waals surface area contributed by atoms with Crippen LogP contribution in [-0.2, 0) is 50.4 Å². The van der Waals surface area contributed by atoms with Crippen LogP contribution in [0.3, 0.4) is 0 Å². The average molecular weight is 1160 g/mol. The summed E-state index contributed by atoms with van der Waals surface area (Å²) in [6.07, 6.45) is 12.5. The fourth-order valence-corrected chi connectivity index (χ4v) is 12.1. The summed E-state index contributed by atoms with van der Waals surface area (Å²) in [7, 11) is -9.89. The number of nitrogens with zero attached hydrogens (tertiary/aromatic N) is 7. The Kier molecular flexibility index (Phi) is 20.8. The van der Waals surface area contributed by atoms with Gasteiger partial charge in [-0.15, -0.1) is 20.5 Å². The summed E-state index contributed by atoms with van der Waals surface area (Å²) in [6.45, 7) is 16.1. The van der Waals surface area contributed by atoms with Gasteiger partial charge in [-0.1, -0.05) is 35.5 Å². The Morgan fingerprint density at radius 3 is 1.99 bits per heavy atom. The summed E-state index contributed by atoms with van der Waals surface area (Å²) in [5.41, 5.74) is 6.54. The third-order valence-electron chi connectivity index (χ3n) is 15.8. The van der Waals surface area contributed by atoms with Crippen molar-refractivity contribution in [2.45, 2.75) is 90.8 Å². The molecule has 3 aromatic carbocycles. The molecule has 412 valence electrons. The molecule has 10 rings (SSSR count). The summed E-state index contributed by atoms with van der Waals surface area (Å²) < 4.78 is 78.3. The van der Waals surface area contributed by atoms with Gasteiger partial charge < -0.3 is 15.4 Å². The molecule has 4 atom stereocenters. The van der Waals surface area contributed by atoms with E-state index < -0.39 is 20.5 Å². The number of benzene rings is 3. The largest absolute Gasteiger partial charge is 2.00 e. The van der Waals surface area contributed by atoms with Crippen LogP contribution in [0.5, 0.6) is 5.75 Å². The maximum atomic E-state index is 13.1. The molecule has 0 unspecified atom stereocenters. The Morgan fingerprint density at radius 1 is 0.727 bits per heavy atom.